The van der Waals surface area contributed by atoms with Crippen LogP contribution < -0.4 is 9.21 Å². The average molecular weight is 447 g/mol. The molecule has 2 aromatic rings. The van der Waals surface area contributed by atoms with Gasteiger partial charge in [0.2, 0.25) is 15.9 Å². The molecule has 0 aromatic heterocycles. The first-order valence-electron chi connectivity index (χ1n) is 10.0. The average Bonchev–Trinajstić information content (AvgIpc) is 2.77. The number of rotatable bonds is 7. The highest BCUT2D eigenvalue weighted by Gasteiger charge is 2.35. The first-order valence-corrected chi connectivity index (χ1v) is 11.9. The number of non-ortho nitro benzene ring substituents is 1. The second kappa shape index (κ2) is 9.34. The number of carbonyl (C=O) groups is 1. The maximum absolute atomic E-state index is 13.3. The number of nitro groups is 1. The van der Waals surface area contributed by atoms with Crippen LogP contribution in [0.25, 0.3) is 0 Å². The van der Waals surface area contributed by atoms with Gasteiger partial charge in [-0.3, -0.25) is 19.2 Å². The largest absolute Gasteiger partial charge is 0.368 e. The lowest BCUT2D eigenvalue weighted by atomic mass is 10.1. The van der Waals surface area contributed by atoms with Crippen LogP contribution in [0.1, 0.15) is 13.3 Å². The quantitative estimate of drug-likeness (QED) is 0.478. The van der Waals surface area contributed by atoms with Gasteiger partial charge in [-0.05, 0) is 24.6 Å². The van der Waals surface area contributed by atoms with Gasteiger partial charge in [-0.15, -0.1) is 0 Å². The Morgan fingerprint density at radius 2 is 1.74 bits per heavy atom. The molecular weight excluding hydrogens is 420 g/mol. The highest BCUT2D eigenvalue weighted by atomic mass is 32.2. The minimum atomic E-state index is -3.86. The molecule has 3 rings (SSSR count). The van der Waals surface area contributed by atoms with E-state index < -0.39 is 21.0 Å². The van der Waals surface area contributed by atoms with Crippen LogP contribution in [0, 0.1) is 10.1 Å². The van der Waals surface area contributed by atoms with Gasteiger partial charge >= 0.3 is 0 Å². The Kier molecular flexibility index (Phi) is 6.79. The molecule has 0 N–H and O–H groups in total. The lowest BCUT2D eigenvalue weighted by molar-refractivity contribution is -0.384. The lowest BCUT2D eigenvalue weighted by Crippen LogP contribution is -2.56. The van der Waals surface area contributed by atoms with E-state index in [0.717, 1.165) is 16.2 Å². The topological polar surface area (TPSA) is 104 Å². The molecule has 1 amide bonds. The van der Waals surface area contributed by atoms with Crippen LogP contribution in [0.2, 0.25) is 0 Å². The summed E-state index contributed by atoms with van der Waals surface area (Å²) in [4.78, 5) is 27.7. The van der Waals surface area contributed by atoms with Crippen molar-refractivity contribution in [2.75, 3.05) is 41.6 Å². The Morgan fingerprint density at radius 3 is 2.29 bits per heavy atom. The fourth-order valence-corrected chi connectivity index (χ4v) is 5.02. The monoisotopic (exact) mass is 446 g/mol. The Hall–Kier alpha value is -3.14. The Bertz CT molecular complexity index is 1040. The molecule has 0 bridgehead atoms. The zero-order valence-corrected chi connectivity index (χ0v) is 18.4. The maximum atomic E-state index is 13.3. The number of amides is 1. The summed E-state index contributed by atoms with van der Waals surface area (Å²) in [7, 11) is -3.86. The molecule has 0 unspecified atom stereocenters. The number of hydrogen-bond donors (Lipinski definition) is 0. The number of nitro benzene ring substituents is 1. The van der Waals surface area contributed by atoms with E-state index in [4.69, 9.17) is 0 Å². The van der Waals surface area contributed by atoms with Gasteiger partial charge in [0, 0.05) is 44.0 Å². The molecule has 10 heteroatoms. The summed E-state index contributed by atoms with van der Waals surface area (Å²) in [6.45, 7) is 3.95. The van der Waals surface area contributed by atoms with Crippen molar-refractivity contribution in [2.24, 2.45) is 0 Å². The van der Waals surface area contributed by atoms with Crippen molar-refractivity contribution in [1.82, 2.24) is 4.90 Å². The van der Waals surface area contributed by atoms with E-state index in [9.17, 15) is 23.3 Å². The predicted molar refractivity (Wildman–Crippen MR) is 120 cm³/mol. The SMILES string of the molecule is CC[C@@H](C(=O)N1CCN(c2ccccc2)CC1)N(c1cccc([N+](=O)[O-])c1)S(C)(=O)=O. The van der Waals surface area contributed by atoms with E-state index in [1.807, 2.05) is 30.3 Å². The third-order valence-electron chi connectivity index (χ3n) is 5.32. The van der Waals surface area contributed by atoms with Gasteiger partial charge in [-0.1, -0.05) is 31.2 Å². The molecular formula is C21H26N4O5S. The van der Waals surface area contributed by atoms with Crippen LogP contribution in [0.5, 0.6) is 0 Å². The first-order chi connectivity index (χ1) is 14.7. The summed E-state index contributed by atoms with van der Waals surface area (Å²) >= 11 is 0. The number of anilines is 2. The van der Waals surface area contributed by atoms with Crippen LogP contribution in [0.4, 0.5) is 17.1 Å². The zero-order valence-electron chi connectivity index (χ0n) is 17.5. The summed E-state index contributed by atoms with van der Waals surface area (Å²) < 4.78 is 26.2. The third kappa shape index (κ3) is 5.13. The summed E-state index contributed by atoms with van der Waals surface area (Å²) in [5, 5.41) is 11.2. The van der Waals surface area contributed by atoms with Crippen molar-refractivity contribution in [3.05, 3.63) is 64.7 Å². The molecule has 1 aliphatic rings. The molecule has 166 valence electrons. The number of hydrogen-bond acceptors (Lipinski definition) is 6. The van der Waals surface area contributed by atoms with E-state index in [-0.39, 0.29) is 23.7 Å². The maximum Gasteiger partial charge on any atom is 0.271 e. The standard InChI is InChI=1S/C21H26N4O5S/c1-3-20(24(31(2,29)30)18-10-7-11-19(16-18)25(27)28)21(26)23-14-12-22(13-15-23)17-8-5-4-6-9-17/h4-11,16,20H,3,12-15H2,1-2H3/t20-/m0/s1. The normalized spacial score (nSPS) is 15.4. The highest BCUT2D eigenvalue weighted by Crippen LogP contribution is 2.27. The molecule has 1 saturated heterocycles. The van der Waals surface area contributed by atoms with Crippen LogP contribution in [0.3, 0.4) is 0 Å². The Morgan fingerprint density at radius 1 is 1.10 bits per heavy atom. The molecule has 2 aromatic carbocycles. The molecule has 31 heavy (non-hydrogen) atoms. The van der Waals surface area contributed by atoms with E-state index in [2.05, 4.69) is 4.90 Å². The number of carbonyl (C=O) groups excluding carboxylic acids is 1. The Labute approximate surface area is 182 Å². The molecule has 1 atom stereocenters. The van der Waals surface area contributed by atoms with Gasteiger partial charge < -0.3 is 9.80 Å². The second-order valence-electron chi connectivity index (χ2n) is 7.41. The van der Waals surface area contributed by atoms with E-state index in [0.29, 0.717) is 26.2 Å². The highest BCUT2D eigenvalue weighted by molar-refractivity contribution is 7.92. The van der Waals surface area contributed by atoms with E-state index in [1.165, 1.54) is 24.3 Å². The van der Waals surface area contributed by atoms with Gasteiger partial charge in [-0.25, -0.2) is 8.42 Å². The van der Waals surface area contributed by atoms with Gasteiger partial charge in [0.05, 0.1) is 16.9 Å². The summed E-state index contributed by atoms with van der Waals surface area (Å²) in [5.74, 6) is -0.299. The van der Waals surface area contributed by atoms with Crippen LogP contribution >= 0.6 is 0 Å². The van der Waals surface area contributed by atoms with Crippen molar-refractivity contribution in [3.63, 3.8) is 0 Å². The van der Waals surface area contributed by atoms with E-state index in [1.54, 1.807) is 11.8 Å². The van der Waals surface area contributed by atoms with Crippen LogP contribution in [-0.4, -0.2) is 62.6 Å². The molecule has 1 aliphatic heterocycles. The van der Waals surface area contributed by atoms with Gasteiger partial charge in [0.15, 0.2) is 0 Å². The van der Waals surface area contributed by atoms with Gasteiger partial charge in [0.25, 0.3) is 5.69 Å². The number of benzene rings is 2. The van der Waals surface area contributed by atoms with Crippen molar-refractivity contribution < 1.29 is 18.1 Å². The fourth-order valence-electron chi connectivity index (χ4n) is 3.82. The Balaban J connectivity index is 1.82. The van der Waals surface area contributed by atoms with Gasteiger partial charge in [-0.2, -0.15) is 0 Å². The molecule has 1 fully saturated rings. The smallest absolute Gasteiger partial charge is 0.271 e. The van der Waals surface area contributed by atoms with Crippen molar-refractivity contribution >= 4 is 33.0 Å². The van der Waals surface area contributed by atoms with Crippen molar-refractivity contribution in [2.45, 2.75) is 19.4 Å². The van der Waals surface area contributed by atoms with Crippen molar-refractivity contribution in [1.29, 1.82) is 0 Å². The molecule has 0 radical (unpaired) electrons. The summed E-state index contributed by atoms with van der Waals surface area (Å²) in [6.07, 6.45) is 1.25. The minimum absolute atomic E-state index is 0.111. The first kappa shape index (κ1) is 22.5. The number of para-hydroxylation sites is 1. The number of sulfonamides is 1. The fraction of sp³-hybridized carbons (Fsp3) is 0.381. The molecule has 0 spiro atoms. The molecule has 0 aliphatic carbocycles. The number of piperazine rings is 1. The van der Waals surface area contributed by atoms with Crippen LogP contribution in [-0.2, 0) is 14.8 Å². The minimum Gasteiger partial charge on any atom is -0.368 e. The van der Waals surface area contributed by atoms with Crippen molar-refractivity contribution in [3.8, 4) is 0 Å². The molecule has 0 saturated carbocycles. The van der Waals surface area contributed by atoms with Gasteiger partial charge in [0.1, 0.15) is 6.04 Å². The number of nitrogens with zero attached hydrogens (tertiary/aromatic N) is 4. The summed E-state index contributed by atoms with van der Waals surface area (Å²) in [5.41, 5.74) is 0.959. The van der Waals surface area contributed by atoms with Crippen LogP contribution in [0.15, 0.2) is 54.6 Å². The molecule has 1 heterocycles. The predicted octanol–water partition coefficient (Wildman–Crippen LogP) is 2.49. The third-order valence-corrected chi connectivity index (χ3v) is 6.50. The molecule has 9 nitrogen and oxygen atoms in total. The lowest BCUT2D eigenvalue weighted by Gasteiger charge is -2.39. The zero-order chi connectivity index (χ0) is 22.6. The van der Waals surface area contributed by atoms with E-state index >= 15 is 0 Å². The second-order valence-corrected chi connectivity index (χ2v) is 9.27. The summed E-state index contributed by atoms with van der Waals surface area (Å²) in [6, 6.07) is 14.3.